The second-order valence-corrected chi connectivity index (χ2v) is 8.58. The lowest BCUT2D eigenvalue weighted by atomic mass is 10.2. The lowest BCUT2D eigenvalue weighted by molar-refractivity contribution is -0.130. The molecule has 0 aliphatic carbocycles. The number of aliphatic hydroxyl groups excluding tert-OH is 1. The van der Waals surface area contributed by atoms with Gasteiger partial charge in [-0.05, 0) is 31.0 Å². The summed E-state index contributed by atoms with van der Waals surface area (Å²) in [5.41, 5.74) is 6.67. The molecule has 11 nitrogen and oxygen atoms in total. The number of aliphatic hydroxyl groups is 1. The Hall–Kier alpha value is -2.70. The molecule has 0 saturated carbocycles. The van der Waals surface area contributed by atoms with Crippen LogP contribution in [0.2, 0.25) is 0 Å². The Kier molecular flexibility index (Phi) is 10.2. The van der Waals surface area contributed by atoms with Gasteiger partial charge in [0.25, 0.3) is 0 Å². The lowest BCUT2D eigenvalue weighted by Crippen LogP contribution is -2.54. The first-order valence-electron chi connectivity index (χ1n) is 9.47. The second kappa shape index (κ2) is 12.1. The predicted octanol–water partition coefficient (Wildman–Crippen LogP) is -0.807. The maximum atomic E-state index is 12.2. The molecule has 2 unspecified atom stereocenters. The van der Waals surface area contributed by atoms with E-state index < -0.39 is 40.5 Å². The van der Waals surface area contributed by atoms with Gasteiger partial charge in [0.15, 0.2) is 5.96 Å². The van der Waals surface area contributed by atoms with Crippen LogP contribution in [-0.2, 0) is 26.2 Å². The van der Waals surface area contributed by atoms with E-state index in [1.54, 1.807) is 24.3 Å². The number of hydrogen-bond acceptors (Lipinski definition) is 6. The normalized spacial score (nSPS) is 13.2. The first-order chi connectivity index (χ1) is 14.1. The van der Waals surface area contributed by atoms with Gasteiger partial charge in [0, 0.05) is 12.2 Å². The van der Waals surface area contributed by atoms with E-state index >= 15 is 0 Å². The highest BCUT2D eigenvalue weighted by Gasteiger charge is 2.26. The van der Waals surface area contributed by atoms with Gasteiger partial charge >= 0.3 is 0 Å². The van der Waals surface area contributed by atoms with Crippen molar-refractivity contribution in [2.75, 3.05) is 17.7 Å². The molecule has 30 heavy (non-hydrogen) atoms. The molecule has 1 aromatic carbocycles. The van der Waals surface area contributed by atoms with Crippen LogP contribution >= 0.6 is 0 Å². The molecule has 0 bridgehead atoms. The molecule has 1 aromatic rings. The highest BCUT2D eigenvalue weighted by Crippen LogP contribution is 2.09. The molecule has 0 saturated heterocycles. The number of anilines is 1. The lowest BCUT2D eigenvalue weighted by Gasteiger charge is -2.19. The Morgan fingerprint density at radius 1 is 1.20 bits per heavy atom. The van der Waals surface area contributed by atoms with Crippen molar-refractivity contribution in [2.24, 2.45) is 5.73 Å². The van der Waals surface area contributed by atoms with E-state index in [2.05, 4.69) is 20.7 Å². The summed E-state index contributed by atoms with van der Waals surface area (Å²) in [7, 11) is -3.71. The third-order valence-corrected chi connectivity index (χ3v) is 5.51. The molecule has 0 fully saturated rings. The average Bonchev–Trinajstić information content (AvgIpc) is 2.69. The first-order valence-corrected chi connectivity index (χ1v) is 11.1. The number of amides is 2. The maximum absolute atomic E-state index is 12.2. The van der Waals surface area contributed by atoms with Gasteiger partial charge in [-0.2, -0.15) is 0 Å². The van der Waals surface area contributed by atoms with Crippen molar-refractivity contribution >= 4 is 33.5 Å². The number of carbonyl (C=O) groups is 2. The quantitative estimate of drug-likeness (QED) is 0.163. The summed E-state index contributed by atoms with van der Waals surface area (Å²) < 4.78 is 26.0. The third-order valence-electron chi connectivity index (χ3n) is 4.04. The van der Waals surface area contributed by atoms with E-state index in [-0.39, 0.29) is 18.3 Å². The minimum atomic E-state index is -3.71. The zero-order chi connectivity index (χ0) is 22.7. The van der Waals surface area contributed by atoms with E-state index in [1.165, 1.54) is 6.92 Å². The predicted molar refractivity (Wildman–Crippen MR) is 114 cm³/mol. The number of nitrogens with two attached hydrogens (primary N) is 1. The second-order valence-electron chi connectivity index (χ2n) is 6.71. The van der Waals surface area contributed by atoms with Crippen molar-refractivity contribution in [2.45, 2.75) is 45.3 Å². The van der Waals surface area contributed by atoms with Gasteiger partial charge in [0.05, 0.1) is 12.4 Å². The molecule has 0 heterocycles. The Bertz CT molecular complexity index is 828. The average molecular weight is 443 g/mol. The van der Waals surface area contributed by atoms with Crippen LogP contribution in [0.4, 0.5) is 5.69 Å². The topological polar surface area (TPSA) is 186 Å². The van der Waals surface area contributed by atoms with Gasteiger partial charge in [-0.15, -0.1) is 0 Å². The summed E-state index contributed by atoms with van der Waals surface area (Å²) in [6, 6.07) is 4.56. The summed E-state index contributed by atoms with van der Waals surface area (Å²) in [5.74, 6) is -1.60. The van der Waals surface area contributed by atoms with Crippen molar-refractivity contribution in [3.63, 3.8) is 0 Å². The number of unbranched alkanes of at least 4 members (excludes halogenated alkanes) is 1. The number of nitrogens with one attached hydrogen (secondary N) is 5. The standard InChI is InChI=1S/C18H30N6O5S/c1-3-4-9-30(28,29)24-15(11-25)17(27)22-12(2)16(26)21-10-13-5-7-14(8-6-13)23-18(19)20/h5-8,12,15,24-25H,3-4,9-11H2,1-2H3,(H,21,26)(H,22,27)(H4,19,20,23). The fourth-order valence-corrected chi connectivity index (χ4v) is 3.77. The number of hydrogen-bond donors (Lipinski definition) is 7. The molecule has 0 aliphatic heterocycles. The van der Waals surface area contributed by atoms with Crippen molar-refractivity contribution in [1.82, 2.24) is 15.4 Å². The molecule has 8 N–H and O–H groups in total. The van der Waals surface area contributed by atoms with Gasteiger partial charge in [-0.25, -0.2) is 13.1 Å². The zero-order valence-electron chi connectivity index (χ0n) is 17.1. The summed E-state index contributed by atoms with van der Waals surface area (Å²) in [5, 5.41) is 24.2. The van der Waals surface area contributed by atoms with Crippen LogP contribution in [0.1, 0.15) is 32.3 Å². The minimum absolute atomic E-state index is 0.149. The van der Waals surface area contributed by atoms with Crippen LogP contribution in [0.15, 0.2) is 24.3 Å². The highest BCUT2D eigenvalue weighted by atomic mass is 32.2. The Morgan fingerprint density at radius 3 is 2.37 bits per heavy atom. The van der Waals surface area contributed by atoms with Crippen molar-refractivity contribution < 1.29 is 23.1 Å². The van der Waals surface area contributed by atoms with E-state index in [4.69, 9.17) is 11.1 Å². The first kappa shape index (κ1) is 25.3. The Balaban J connectivity index is 2.55. The molecule has 2 amide bonds. The smallest absolute Gasteiger partial charge is 0.242 e. The number of rotatable bonds is 12. The van der Waals surface area contributed by atoms with Crippen LogP contribution in [0.5, 0.6) is 0 Å². The number of carbonyl (C=O) groups excluding carboxylic acids is 2. The van der Waals surface area contributed by atoms with E-state index in [9.17, 15) is 23.1 Å². The van der Waals surface area contributed by atoms with E-state index in [1.807, 2.05) is 6.92 Å². The SMILES string of the molecule is CCCCS(=O)(=O)NC(CO)C(=O)NC(C)C(=O)NCc1ccc(NC(=N)N)cc1. The molecule has 0 spiro atoms. The van der Waals surface area contributed by atoms with Gasteiger partial charge in [0.2, 0.25) is 21.8 Å². The third kappa shape index (κ3) is 9.20. The summed E-state index contributed by atoms with van der Waals surface area (Å²) in [6.07, 6.45) is 1.10. The molecule has 0 aromatic heterocycles. The molecule has 12 heteroatoms. The van der Waals surface area contributed by atoms with Crippen LogP contribution < -0.4 is 26.4 Å². The van der Waals surface area contributed by atoms with Crippen LogP contribution in [0, 0.1) is 5.41 Å². The zero-order valence-corrected chi connectivity index (χ0v) is 17.9. The Morgan fingerprint density at radius 2 is 1.83 bits per heavy atom. The minimum Gasteiger partial charge on any atom is -0.394 e. The number of benzene rings is 1. The van der Waals surface area contributed by atoms with Crippen LogP contribution in [-0.4, -0.2) is 55.7 Å². The summed E-state index contributed by atoms with van der Waals surface area (Å²) >= 11 is 0. The molecular formula is C18H30N6O5S. The monoisotopic (exact) mass is 442 g/mol. The van der Waals surface area contributed by atoms with Gasteiger partial charge in [-0.1, -0.05) is 25.5 Å². The maximum Gasteiger partial charge on any atom is 0.242 e. The largest absolute Gasteiger partial charge is 0.394 e. The van der Waals surface area contributed by atoms with E-state index in [0.717, 1.165) is 5.56 Å². The van der Waals surface area contributed by atoms with Gasteiger partial charge in [-0.3, -0.25) is 15.0 Å². The van der Waals surface area contributed by atoms with Crippen molar-refractivity contribution in [1.29, 1.82) is 5.41 Å². The van der Waals surface area contributed by atoms with Crippen LogP contribution in [0.25, 0.3) is 0 Å². The Labute approximate surface area is 176 Å². The van der Waals surface area contributed by atoms with E-state index in [0.29, 0.717) is 18.5 Å². The van der Waals surface area contributed by atoms with Crippen molar-refractivity contribution in [3.8, 4) is 0 Å². The molecule has 168 valence electrons. The fourth-order valence-electron chi connectivity index (χ4n) is 2.37. The van der Waals surface area contributed by atoms with Crippen LogP contribution in [0.3, 0.4) is 0 Å². The number of sulfonamides is 1. The highest BCUT2D eigenvalue weighted by molar-refractivity contribution is 7.89. The summed E-state index contributed by atoms with van der Waals surface area (Å²) in [6.45, 7) is 2.76. The molecule has 0 radical (unpaired) electrons. The fraction of sp³-hybridized carbons (Fsp3) is 0.500. The molecule has 2 atom stereocenters. The van der Waals surface area contributed by atoms with Gasteiger partial charge in [0.1, 0.15) is 12.1 Å². The molecular weight excluding hydrogens is 412 g/mol. The number of guanidine groups is 1. The molecule has 1 rings (SSSR count). The van der Waals surface area contributed by atoms with Gasteiger partial charge < -0.3 is 26.8 Å². The molecule has 0 aliphatic rings. The summed E-state index contributed by atoms with van der Waals surface area (Å²) in [4.78, 5) is 24.4. The van der Waals surface area contributed by atoms with Crippen molar-refractivity contribution in [3.05, 3.63) is 29.8 Å².